The minimum absolute atomic E-state index is 0.122. The van der Waals surface area contributed by atoms with Gasteiger partial charge in [0.2, 0.25) is 0 Å². The molecular formula is C38H30BrIN2O8S. The van der Waals surface area contributed by atoms with E-state index >= 15 is 0 Å². The van der Waals surface area contributed by atoms with Gasteiger partial charge in [-0.2, -0.15) is 0 Å². The van der Waals surface area contributed by atoms with E-state index < -0.39 is 18.0 Å². The zero-order chi connectivity index (χ0) is 36.2. The fourth-order valence-corrected chi connectivity index (χ4v) is 7.88. The van der Waals surface area contributed by atoms with Crippen molar-refractivity contribution in [1.29, 1.82) is 0 Å². The molecule has 0 spiro atoms. The van der Waals surface area contributed by atoms with Gasteiger partial charge in [0.05, 0.1) is 45.8 Å². The first-order valence-corrected chi connectivity index (χ1v) is 18.3. The number of carboxylic acid groups (broad SMARTS) is 1. The van der Waals surface area contributed by atoms with Gasteiger partial charge in [-0.05, 0) is 89.2 Å². The van der Waals surface area contributed by atoms with Crippen molar-refractivity contribution < 1.29 is 33.6 Å². The van der Waals surface area contributed by atoms with Crippen molar-refractivity contribution in [2.75, 3.05) is 20.8 Å². The monoisotopic (exact) mass is 880 g/mol. The summed E-state index contributed by atoms with van der Waals surface area (Å²) in [5.41, 5.74) is 3.07. The van der Waals surface area contributed by atoms with Crippen molar-refractivity contribution in [3.8, 4) is 17.2 Å². The number of aromatic nitrogens is 1. The van der Waals surface area contributed by atoms with Crippen LogP contribution in [-0.2, 0) is 16.1 Å². The molecule has 2 heterocycles. The molecule has 260 valence electrons. The molecule has 0 radical (unpaired) electrons. The van der Waals surface area contributed by atoms with E-state index in [4.69, 9.17) is 23.9 Å². The third-order valence-electron chi connectivity index (χ3n) is 7.97. The Labute approximate surface area is 318 Å². The van der Waals surface area contributed by atoms with Gasteiger partial charge in [-0.15, -0.1) is 0 Å². The van der Waals surface area contributed by atoms with Crippen molar-refractivity contribution in [3.05, 3.63) is 146 Å². The normalized spacial score (nSPS) is 14.1. The van der Waals surface area contributed by atoms with Crippen molar-refractivity contribution in [2.45, 2.75) is 19.6 Å². The Bertz CT molecular complexity index is 2370. The van der Waals surface area contributed by atoms with E-state index in [-0.39, 0.29) is 29.9 Å². The number of esters is 1. The maximum atomic E-state index is 14.5. The molecular weight excluding hydrogens is 851 g/mol. The van der Waals surface area contributed by atoms with Crippen LogP contribution in [0, 0.1) is 3.57 Å². The van der Waals surface area contributed by atoms with E-state index in [1.54, 1.807) is 43.3 Å². The predicted octanol–water partition coefficient (Wildman–Crippen LogP) is 6.60. The second-order valence-electron chi connectivity index (χ2n) is 11.1. The number of hydrogen-bond donors (Lipinski definition) is 1. The van der Waals surface area contributed by atoms with Crippen LogP contribution in [0.1, 0.15) is 45.6 Å². The summed E-state index contributed by atoms with van der Waals surface area (Å²) in [6, 6.07) is 24.0. The molecule has 1 N–H and O–H groups in total. The van der Waals surface area contributed by atoms with E-state index in [0.717, 1.165) is 4.47 Å². The highest BCUT2D eigenvalue weighted by Crippen LogP contribution is 2.40. The number of aromatic carboxylic acids is 1. The number of ether oxygens (including phenoxy) is 4. The van der Waals surface area contributed by atoms with Gasteiger partial charge in [-0.1, -0.05) is 69.7 Å². The number of nitrogens with zero attached hydrogens (tertiary/aromatic N) is 2. The highest BCUT2D eigenvalue weighted by Gasteiger charge is 2.37. The number of benzene rings is 4. The van der Waals surface area contributed by atoms with Crippen molar-refractivity contribution in [2.24, 2.45) is 4.99 Å². The van der Waals surface area contributed by atoms with Gasteiger partial charge < -0.3 is 24.1 Å². The van der Waals surface area contributed by atoms with Crippen LogP contribution in [0.2, 0.25) is 0 Å². The lowest BCUT2D eigenvalue weighted by Crippen LogP contribution is -2.40. The van der Waals surface area contributed by atoms with E-state index in [2.05, 4.69) is 38.5 Å². The van der Waals surface area contributed by atoms with E-state index in [1.165, 1.54) is 36.2 Å². The van der Waals surface area contributed by atoms with Crippen LogP contribution in [-0.4, -0.2) is 42.4 Å². The molecule has 4 aromatic carbocycles. The van der Waals surface area contributed by atoms with Crippen LogP contribution in [0.15, 0.2) is 105 Å². The molecule has 0 saturated heterocycles. The largest absolute Gasteiger partial charge is 0.496 e. The second-order valence-corrected chi connectivity index (χ2v) is 14.2. The number of methoxy groups -OCH3 is 2. The Balaban J connectivity index is 1.50. The third kappa shape index (κ3) is 7.51. The van der Waals surface area contributed by atoms with Gasteiger partial charge in [-0.3, -0.25) is 9.36 Å². The van der Waals surface area contributed by atoms with Crippen molar-refractivity contribution in [1.82, 2.24) is 4.57 Å². The van der Waals surface area contributed by atoms with E-state index in [0.29, 0.717) is 58.1 Å². The smallest absolute Gasteiger partial charge is 0.338 e. The van der Waals surface area contributed by atoms with Gasteiger partial charge in [0.1, 0.15) is 18.4 Å². The molecule has 1 atom stereocenters. The van der Waals surface area contributed by atoms with Crippen LogP contribution in [0.5, 0.6) is 17.2 Å². The van der Waals surface area contributed by atoms with Gasteiger partial charge in [-0.25, -0.2) is 14.6 Å². The van der Waals surface area contributed by atoms with Crippen LogP contribution < -0.4 is 29.1 Å². The summed E-state index contributed by atoms with van der Waals surface area (Å²) in [5.74, 6) is -0.215. The Hall–Kier alpha value is -4.73. The lowest BCUT2D eigenvalue weighted by molar-refractivity contribution is -0.138. The molecule has 1 aliphatic heterocycles. The highest BCUT2D eigenvalue weighted by atomic mass is 127. The molecule has 1 aliphatic rings. The topological polar surface area (TPSA) is 126 Å². The van der Waals surface area contributed by atoms with Crippen LogP contribution in [0.4, 0.5) is 0 Å². The number of halogens is 2. The molecule has 0 aliphatic carbocycles. The predicted molar refractivity (Wildman–Crippen MR) is 205 cm³/mol. The fraction of sp³-hybridized carbons (Fsp3) is 0.158. The average Bonchev–Trinajstić information content (AvgIpc) is 3.44. The summed E-state index contributed by atoms with van der Waals surface area (Å²) in [6.07, 6.45) is 1.75. The first-order chi connectivity index (χ1) is 24.6. The van der Waals surface area contributed by atoms with E-state index in [1.807, 2.05) is 48.5 Å². The minimum atomic E-state index is -1.02. The minimum Gasteiger partial charge on any atom is -0.496 e. The Kier molecular flexibility index (Phi) is 11.1. The number of carbonyl (C=O) groups is 2. The second kappa shape index (κ2) is 15.7. The van der Waals surface area contributed by atoms with Crippen molar-refractivity contribution in [3.63, 3.8) is 0 Å². The fourth-order valence-electron chi connectivity index (χ4n) is 5.72. The van der Waals surface area contributed by atoms with Crippen LogP contribution in [0.3, 0.4) is 0 Å². The zero-order valence-electron chi connectivity index (χ0n) is 27.5. The van der Waals surface area contributed by atoms with Crippen molar-refractivity contribution >= 4 is 73.6 Å². The molecule has 5 aromatic rings. The Morgan fingerprint density at radius 1 is 1.00 bits per heavy atom. The summed E-state index contributed by atoms with van der Waals surface area (Å²) >= 11 is 6.90. The number of carbonyl (C=O) groups excluding carboxylic acids is 1. The molecule has 10 nitrogen and oxygen atoms in total. The zero-order valence-corrected chi connectivity index (χ0v) is 32.1. The molecule has 13 heteroatoms. The standard InChI is InChI=1S/C38H30BrIN2O8S/c1-4-49-37(46)31-32(23-10-6-5-7-11-23)41-38-42(33(31)26-19-25(39)13-14-28(26)47-2)35(43)30(51-38)18-22-16-27(40)34(29(17-22)48-3)50-20-21-9-8-12-24(15-21)36(44)45/h5-19,33H,4,20H2,1-3H3,(H,44,45)/b30-18+/t33-/m1/s1. The lowest BCUT2D eigenvalue weighted by Gasteiger charge is -2.27. The number of carboxylic acids is 1. The summed E-state index contributed by atoms with van der Waals surface area (Å²) in [5, 5.41) is 9.35. The van der Waals surface area contributed by atoms with Gasteiger partial charge >= 0.3 is 11.9 Å². The van der Waals surface area contributed by atoms with Gasteiger partial charge in [0, 0.05) is 15.6 Å². The Morgan fingerprint density at radius 3 is 2.47 bits per heavy atom. The summed E-state index contributed by atoms with van der Waals surface area (Å²) < 4.78 is 26.5. The van der Waals surface area contributed by atoms with Crippen LogP contribution in [0.25, 0.3) is 11.8 Å². The third-order valence-corrected chi connectivity index (χ3v) is 10.2. The Morgan fingerprint density at radius 2 is 1.76 bits per heavy atom. The summed E-state index contributed by atoms with van der Waals surface area (Å²) in [7, 11) is 3.06. The quantitative estimate of drug-likeness (QED) is 0.116. The highest BCUT2D eigenvalue weighted by molar-refractivity contribution is 14.1. The number of fused-ring (bicyclic) bond motifs is 1. The average molecular weight is 882 g/mol. The summed E-state index contributed by atoms with van der Waals surface area (Å²) in [4.78, 5) is 45.0. The molecule has 0 fully saturated rings. The first-order valence-electron chi connectivity index (χ1n) is 15.6. The molecule has 51 heavy (non-hydrogen) atoms. The molecule has 0 saturated carbocycles. The van der Waals surface area contributed by atoms with Gasteiger partial charge in [0.25, 0.3) is 5.56 Å². The van der Waals surface area contributed by atoms with Gasteiger partial charge in [0.15, 0.2) is 16.3 Å². The maximum Gasteiger partial charge on any atom is 0.338 e. The first kappa shape index (κ1) is 36.1. The van der Waals surface area contributed by atoms with Crippen LogP contribution >= 0.6 is 49.9 Å². The summed E-state index contributed by atoms with van der Waals surface area (Å²) in [6.45, 7) is 1.98. The number of rotatable bonds is 11. The number of hydrogen-bond acceptors (Lipinski definition) is 9. The molecule has 0 unspecified atom stereocenters. The SMILES string of the molecule is CCOC(=O)C1=C(c2ccccc2)N=c2s/c(=C/c3cc(I)c(OCc4cccc(C(=O)O)c4)c(OC)c3)c(=O)n2[C@@H]1c1cc(Br)ccc1OC. The number of thiazole rings is 1. The van der Waals surface area contributed by atoms with E-state index in [9.17, 15) is 19.5 Å². The molecule has 1 aromatic heterocycles. The maximum absolute atomic E-state index is 14.5. The molecule has 0 bridgehead atoms. The lowest BCUT2D eigenvalue weighted by atomic mass is 9.92. The molecule has 0 amide bonds. The molecule has 6 rings (SSSR count).